The number of rotatable bonds is 8. The summed E-state index contributed by atoms with van der Waals surface area (Å²) >= 11 is 0. The SMILES string of the molecule is CCC1=C(OC2=CC=CC([N+](=O)[O-])C2)N=C(NC2=CC(OC)C(N3CCN(C)CC3)CC2)C(C(N)=O)N1. The van der Waals surface area contributed by atoms with E-state index < -0.39 is 18.0 Å². The summed E-state index contributed by atoms with van der Waals surface area (Å²) in [5.41, 5.74) is 7.21. The first-order chi connectivity index (χ1) is 17.8. The zero-order valence-electron chi connectivity index (χ0n) is 21.7. The number of carbonyl (C=O) groups is 1. The maximum Gasteiger partial charge on any atom is 0.247 e. The van der Waals surface area contributed by atoms with Crippen LogP contribution in [0.4, 0.5) is 0 Å². The van der Waals surface area contributed by atoms with Crippen LogP contribution >= 0.6 is 0 Å². The summed E-state index contributed by atoms with van der Waals surface area (Å²) in [4.78, 5) is 32.6. The molecule has 0 aromatic heterocycles. The van der Waals surface area contributed by atoms with Gasteiger partial charge in [-0.25, -0.2) is 0 Å². The van der Waals surface area contributed by atoms with Gasteiger partial charge in [-0.15, -0.1) is 0 Å². The monoisotopic (exact) mass is 515 g/mol. The summed E-state index contributed by atoms with van der Waals surface area (Å²) in [5, 5.41) is 17.7. The van der Waals surface area contributed by atoms with Gasteiger partial charge in [-0.3, -0.25) is 19.8 Å². The van der Waals surface area contributed by atoms with Gasteiger partial charge in [-0.2, -0.15) is 4.99 Å². The molecular formula is C25H37N7O5. The molecule has 2 aliphatic heterocycles. The minimum absolute atomic E-state index is 0.0976. The zero-order chi connectivity index (χ0) is 26.5. The number of allylic oxidation sites excluding steroid dienone is 4. The van der Waals surface area contributed by atoms with Gasteiger partial charge < -0.3 is 30.7 Å². The number of primary amides is 1. The first-order valence-corrected chi connectivity index (χ1v) is 12.8. The molecule has 0 aromatic rings. The molecule has 4 unspecified atom stereocenters. The number of carbonyl (C=O) groups excluding carboxylic acids is 1. The Bertz CT molecular complexity index is 1040. The van der Waals surface area contributed by atoms with Gasteiger partial charge in [-0.05, 0) is 44.5 Å². The summed E-state index contributed by atoms with van der Waals surface area (Å²) < 4.78 is 11.8. The van der Waals surface area contributed by atoms with Crippen LogP contribution in [-0.2, 0) is 14.3 Å². The highest BCUT2D eigenvalue weighted by Gasteiger charge is 2.34. The lowest BCUT2D eigenvalue weighted by Gasteiger charge is -2.42. The summed E-state index contributed by atoms with van der Waals surface area (Å²) in [7, 11) is 3.85. The first-order valence-electron chi connectivity index (χ1n) is 12.8. The molecular weight excluding hydrogens is 478 g/mol. The molecule has 4 rings (SSSR count). The van der Waals surface area contributed by atoms with Crippen molar-refractivity contribution in [3.63, 3.8) is 0 Å². The number of nitro groups is 1. The van der Waals surface area contributed by atoms with E-state index in [0.717, 1.165) is 44.7 Å². The molecule has 2 aliphatic carbocycles. The lowest BCUT2D eigenvalue weighted by molar-refractivity contribution is -0.509. The van der Waals surface area contributed by atoms with E-state index in [1.807, 2.05) is 6.92 Å². The molecule has 2 heterocycles. The van der Waals surface area contributed by atoms with Crippen molar-refractivity contribution < 1.29 is 19.2 Å². The highest BCUT2D eigenvalue weighted by atomic mass is 16.6. The molecule has 37 heavy (non-hydrogen) atoms. The van der Waals surface area contributed by atoms with Crippen LogP contribution in [-0.4, -0.2) is 91.0 Å². The number of nitrogens with zero attached hydrogens (tertiary/aromatic N) is 4. The van der Waals surface area contributed by atoms with E-state index in [1.54, 1.807) is 19.3 Å². The van der Waals surface area contributed by atoms with E-state index in [1.165, 1.54) is 6.08 Å². The number of nitrogens with one attached hydrogen (secondary N) is 2. The molecule has 12 heteroatoms. The Balaban J connectivity index is 1.52. The van der Waals surface area contributed by atoms with E-state index >= 15 is 0 Å². The number of amides is 1. The van der Waals surface area contributed by atoms with Gasteiger partial charge in [0.15, 0.2) is 6.04 Å². The average Bonchev–Trinajstić information content (AvgIpc) is 2.89. The number of nitrogens with two attached hydrogens (primary N) is 1. The minimum Gasteiger partial charge on any atom is -0.442 e. The molecule has 0 spiro atoms. The Hall–Kier alpha value is -3.22. The van der Waals surface area contributed by atoms with Gasteiger partial charge in [0.05, 0.1) is 18.2 Å². The maximum atomic E-state index is 12.3. The fourth-order valence-electron chi connectivity index (χ4n) is 5.07. The van der Waals surface area contributed by atoms with E-state index in [0.29, 0.717) is 23.7 Å². The third-order valence-electron chi connectivity index (χ3n) is 7.26. The van der Waals surface area contributed by atoms with Gasteiger partial charge in [0.1, 0.15) is 11.6 Å². The van der Waals surface area contributed by atoms with Gasteiger partial charge in [0.25, 0.3) is 0 Å². The molecule has 4 atom stereocenters. The minimum atomic E-state index is -0.855. The fourth-order valence-corrected chi connectivity index (χ4v) is 5.07. The number of piperazine rings is 1. The smallest absolute Gasteiger partial charge is 0.247 e. The van der Waals surface area contributed by atoms with E-state index in [9.17, 15) is 14.9 Å². The quantitative estimate of drug-likeness (QED) is 0.316. The number of hydrogen-bond acceptors (Lipinski definition) is 10. The molecule has 0 aromatic carbocycles. The van der Waals surface area contributed by atoms with Crippen molar-refractivity contribution in [3.8, 4) is 0 Å². The van der Waals surface area contributed by atoms with E-state index in [2.05, 4.69) is 38.5 Å². The lowest BCUT2D eigenvalue weighted by atomic mass is 9.94. The highest BCUT2D eigenvalue weighted by molar-refractivity contribution is 6.08. The lowest BCUT2D eigenvalue weighted by Crippen LogP contribution is -2.55. The third kappa shape index (κ3) is 6.38. The van der Waals surface area contributed by atoms with Crippen molar-refractivity contribution in [3.05, 3.63) is 57.5 Å². The van der Waals surface area contributed by atoms with Gasteiger partial charge in [-0.1, -0.05) is 13.0 Å². The fraction of sp³-hybridized carbons (Fsp3) is 0.600. The van der Waals surface area contributed by atoms with Crippen LogP contribution in [0.1, 0.15) is 32.6 Å². The molecule has 1 saturated heterocycles. The van der Waals surface area contributed by atoms with Gasteiger partial charge in [0, 0.05) is 50.0 Å². The highest BCUT2D eigenvalue weighted by Crippen LogP contribution is 2.27. The first kappa shape index (κ1) is 26.8. The number of amidine groups is 1. The molecule has 4 aliphatic rings. The molecule has 202 valence electrons. The van der Waals surface area contributed by atoms with Crippen LogP contribution in [0.15, 0.2) is 52.3 Å². The van der Waals surface area contributed by atoms with Crippen molar-refractivity contribution in [2.75, 3.05) is 40.3 Å². The average molecular weight is 516 g/mol. The Morgan fingerprint density at radius 2 is 2.11 bits per heavy atom. The second-order valence-electron chi connectivity index (χ2n) is 9.75. The molecule has 0 saturated carbocycles. The maximum absolute atomic E-state index is 12.3. The Labute approximate surface area is 217 Å². The van der Waals surface area contributed by atoms with Gasteiger partial charge in [0.2, 0.25) is 17.8 Å². The Kier molecular flexibility index (Phi) is 8.62. The summed E-state index contributed by atoms with van der Waals surface area (Å²) in [6.45, 7) is 5.98. The number of likely N-dealkylation sites (N-methyl/N-ethyl adjacent to an activating group) is 1. The Morgan fingerprint density at radius 3 is 2.76 bits per heavy atom. The van der Waals surface area contributed by atoms with Crippen LogP contribution in [0.25, 0.3) is 0 Å². The second kappa shape index (κ2) is 11.9. The number of methoxy groups -OCH3 is 1. The number of ether oxygens (including phenoxy) is 2. The van der Waals surface area contributed by atoms with Crippen LogP contribution in [0, 0.1) is 10.1 Å². The molecule has 4 N–H and O–H groups in total. The summed E-state index contributed by atoms with van der Waals surface area (Å²) in [6, 6.07) is -1.42. The number of aliphatic imine (C=N–C) groups is 1. The predicted molar refractivity (Wildman–Crippen MR) is 139 cm³/mol. The molecule has 0 radical (unpaired) electrons. The van der Waals surface area contributed by atoms with Crippen LogP contribution in [0.3, 0.4) is 0 Å². The molecule has 1 fully saturated rings. The van der Waals surface area contributed by atoms with Crippen LogP contribution < -0.4 is 16.4 Å². The number of hydrogen-bond donors (Lipinski definition) is 3. The summed E-state index contributed by atoms with van der Waals surface area (Å²) in [6.07, 6.45) is 9.09. The van der Waals surface area contributed by atoms with E-state index in [-0.39, 0.29) is 29.4 Å². The second-order valence-corrected chi connectivity index (χ2v) is 9.75. The third-order valence-corrected chi connectivity index (χ3v) is 7.26. The van der Waals surface area contributed by atoms with Crippen molar-refractivity contribution in [1.82, 2.24) is 20.4 Å². The van der Waals surface area contributed by atoms with Crippen LogP contribution in [0.2, 0.25) is 0 Å². The summed E-state index contributed by atoms with van der Waals surface area (Å²) in [5.74, 6) is 0.455. The van der Waals surface area contributed by atoms with Crippen LogP contribution in [0.5, 0.6) is 0 Å². The molecule has 12 nitrogen and oxygen atoms in total. The van der Waals surface area contributed by atoms with E-state index in [4.69, 9.17) is 15.2 Å². The van der Waals surface area contributed by atoms with Gasteiger partial charge >= 0.3 is 0 Å². The topological polar surface area (TPSA) is 148 Å². The van der Waals surface area contributed by atoms with Crippen molar-refractivity contribution in [2.45, 2.75) is 56.8 Å². The van der Waals surface area contributed by atoms with Crippen molar-refractivity contribution >= 4 is 11.7 Å². The predicted octanol–water partition coefficient (Wildman–Crippen LogP) is 0.825. The Morgan fingerprint density at radius 1 is 1.35 bits per heavy atom. The molecule has 1 amide bonds. The largest absolute Gasteiger partial charge is 0.442 e. The normalized spacial score (nSPS) is 29.1. The van der Waals surface area contributed by atoms with Crippen molar-refractivity contribution in [1.29, 1.82) is 0 Å². The standard InChI is InChI=1S/C25H37N7O5/c1-4-19-25(37-18-7-5-6-17(15-18)32(34)35)29-24(22(28-19)23(26)33)27-16-8-9-20(21(14-16)36-3)31-12-10-30(2)11-13-31/h5-7,14,17,20-22,28H,4,8-13,15H2,1-3H3,(H2,26,33)(H,27,29). The zero-order valence-corrected chi connectivity index (χ0v) is 21.7. The molecule has 0 bridgehead atoms. The van der Waals surface area contributed by atoms with Crippen molar-refractivity contribution in [2.24, 2.45) is 10.7 Å².